The summed E-state index contributed by atoms with van der Waals surface area (Å²) in [6.07, 6.45) is 6.65. The third-order valence-corrected chi connectivity index (χ3v) is 7.38. The van der Waals surface area contributed by atoms with Crippen LogP contribution in [0.4, 0.5) is 5.69 Å². The van der Waals surface area contributed by atoms with Crippen LogP contribution >= 0.6 is 0 Å². The zero-order chi connectivity index (χ0) is 24.9. The van der Waals surface area contributed by atoms with E-state index in [1.807, 2.05) is 37.3 Å². The molecule has 7 nitrogen and oxygen atoms in total. The van der Waals surface area contributed by atoms with Crippen molar-refractivity contribution in [2.75, 3.05) is 19.5 Å². The first-order valence-corrected chi connectivity index (χ1v) is 12.4. The van der Waals surface area contributed by atoms with E-state index in [0.29, 0.717) is 25.1 Å². The van der Waals surface area contributed by atoms with Gasteiger partial charge < -0.3 is 24.6 Å². The van der Waals surface area contributed by atoms with E-state index in [0.717, 1.165) is 53.0 Å². The minimum absolute atomic E-state index is 0.232. The third kappa shape index (κ3) is 5.61. The number of hydrogen-bond donors (Lipinski definition) is 2. The van der Waals surface area contributed by atoms with Gasteiger partial charge in [0.2, 0.25) is 5.91 Å². The van der Waals surface area contributed by atoms with Crippen LogP contribution in [0.2, 0.25) is 0 Å². The van der Waals surface area contributed by atoms with Gasteiger partial charge in [0.05, 0.1) is 38.8 Å². The second-order valence-corrected chi connectivity index (χ2v) is 9.57. The maximum atomic E-state index is 12.9. The van der Waals surface area contributed by atoms with Gasteiger partial charge in [0, 0.05) is 11.3 Å². The number of carbonyl (C=O) groups excluding carboxylic acids is 1. The Hall–Kier alpha value is -3.06. The molecule has 2 aromatic carbocycles. The first-order valence-electron chi connectivity index (χ1n) is 12.4. The number of nitrogens with one attached hydrogen (secondary N) is 1. The van der Waals surface area contributed by atoms with Gasteiger partial charge in [-0.25, -0.2) is 0 Å². The number of carboxylic acids is 1. The van der Waals surface area contributed by atoms with Gasteiger partial charge in [-0.05, 0) is 73.6 Å². The molecule has 7 heteroatoms. The summed E-state index contributed by atoms with van der Waals surface area (Å²) >= 11 is 0. The lowest BCUT2D eigenvalue weighted by molar-refractivity contribution is -0.145. The van der Waals surface area contributed by atoms with Crippen molar-refractivity contribution in [3.63, 3.8) is 0 Å². The Morgan fingerprint density at radius 1 is 0.943 bits per heavy atom. The van der Waals surface area contributed by atoms with Crippen LogP contribution in [0.15, 0.2) is 30.3 Å². The van der Waals surface area contributed by atoms with E-state index in [9.17, 15) is 14.7 Å². The lowest BCUT2D eigenvalue weighted by Crippen LogP contribution is -2.30. The van der Waals surface area contributed by atoms with E-state index in [1.54, 1.807) is 14.2 Å². The smallest absolute Gasteiger partial charge is 0.307 e. The molecule has 35 heavy (non-hydrogen) atoms. The number of amides is 1. The normalized spacial score (nSPS) is 20.1. The Labute approximate surface area is 206 Å². The molecule has 0 saturated heterocycles. The van der Waals surface area contributed by atoms with E-state index >= 15 is 0 Å². The molecule has 0 spiro atoms. The summed E-state index contributed by atoms with van der Waals surface area (Å²) in [6, 6.07) is 9.73. The number of carbonyl (C=O) groups is 2. The Balaban J connectivity index is 1.64. The molecule has 0 bridgehead atoms. The predicted octanol–water partition coefficient (Wildman–Crippen LogP) is 5.58. The molecule has 0 radical (unpaired) electrons. The SMILES string of the molecule is COc1cc(-c2ccc(NC(=O)C3CCCC3C(=O)O)cc2COC2CCCC2)cc(OC)c1C. The lowest BCUT2D eigenvalue weighted by Gasteiger charge is -2.19. The summed E-state index contributed by atoms with van der Waals surface area (Å²) in [7, 11) is 3.28. The fourth-order valence-electron chi connectivity index (χ4n) is 5.38. The minimum Gasteiger partial charge on any atom is -0.496 e. The quantitative estimate of drug-likeness (QED) is 0.486. The average Bonchev–Trinajstić information content (AvgIpc) is 3.55. The van der Waals surface area contributed by atoms with Gasteiger partial charge in [-0.1, -0.05) is 25.3 Å². The summed E-state index contributed by atoms with van der Waals surface area (Å²) < 4.78 is 17.4. The molecule has 2 atom stereocenters. The number of methoxy groups -OCH3 is 2. The molecule has 188 valence electrons. The molecule has 2 fully saturated rings. The number of aliphatic carboxylic acids is 1. The molecule has 2 unspecified atom stereocenters. The van der Waals surface area contributed by atoms with Crippen molar-refractivity contribution in [1.29, 1.82) is 0 Å². The summed E-state index contributed by atoms with van der Waals surface area (Å²) in [5, 5.41) is 12.4. The fraction of sp³-hybridized carbons (Fsp3) is 0.500. The standard InChI is InChI=1S/C28H35NO6/c1-17-25(33-2)14-18(15-26(17)34-3)22-12-11-20(13-19(22)16-35-21-7-4-5-8-21)29-27(30)23-9-6-10-24(23)28(31)32/h11-15,21,23-24H,4-10,16H2,1-3H3,(H,29,30)(H,31,32). The van der Waals surface area contributed by atoms with E-state index in [1.165, 1.54) is 12.8 Å². The zero-order valence-electron chi connectivity index (χ0n) is 20.8. The van der Waals surface area contributed by atoms with Gasteiger partial charge in [0.25, 0.3) is 0 Å². The van der Waals surface area contributed by atoms with Crippen molar-refractivity contribution in [2.45, 2.75) is 64.6 Å². The number of rotatable bonds is 9. The molecule has 2 N–H and O–H groups in total. The molecular formula is C28H35NO6. The van der Waals surface area contributed by atoms with E-state index < -0.39 is 17.8 Å². The average molecular weight is 482 g/mol. The molecule has 2 aliphatic carbocycles. The molecule has 4 rings (SSSR count). The zero-order valence-corrected chi connectivity index (χ0v) is 20.8. The molecule has 0 aliphatic heterocycles. The maximum absolute atomic E-state index is 12.9. The summed E-state index contributed by atoms with van der Waals surface area (Å²) in [5.41, 5.74) is 4.43. The van der Waals surface area contributed by atoms with Crippen LogP contribution in [0.25, 0.3) is 11.1 Å². The third-order valence-electron chi connectivity index (χ3n) is 7.38. The second-order valence-electron chi connectivity index (χ2n) is 9.57. The number of hydrogen-bond acceptors (Lipinski definition) is 5. The number of ether oxygens (including phenoxy) is 3. The predicted molar refractivity (Wildman–Crippen MR) is 134 cm³/mol. The van der Waals surface area contributed by atoms with Crippen LogP contribution in [0, 0.1) is 18.8 Å². The number of carboxylic acid groups (broad SMARTS) is 1. The van der Waals surface area contributed by atoms with Crippen LogP contribution in [0.5, 0.6) is 11.5 Å². The van der Waals surface area contributed by atoms with Gasteiger partial charge in [-0.3, -0.25) is 9.59 Å². The van der Waals surface area contributed by atoms with Crippen LogP contribution in [0.1, 0.15) is 56.1 Å². The van der Waals surface area contributed by atoms with Crippen LogP contribution < -0.4 is 14.8 Å². The number of benzene rings is 2. The van der Waals surface area contributed by atoms with Gasteiger partial charge in [0.1, 0.15) is 11.5 Å². The Kier molecular flexibility index (Phi) is 7.96. The van der Waals surface area contributed by atoms with E-state index in [4.69, 9.17) is 14.2 Å². The molecular weight excluding hydrogens is 446 g/mol. The van der Waals surface area contributed by atoms with Gasteiger partial charge in [0.15, 0.2) is 0 Å². The molecule has 0 heterocycles. The first-order chi connectivity index (χ1) is 16.9. The first kappa shape index (κ1) is 25.0. The monoisotopic (exact) mass is 481 g/mol. The van der Waals surface area contributed by atoms with Gasteiger partial charge in [-0.15, -0.1) is 0 Å². The van der Waals surface area contributed by atoms with Crippen molar-refractivity contribution in [1.82, 2.24) is 0 Å². The lowest BCUT2D eigenvalue weighted by atomic mass is 9.94. The fourth-order valence-corrected chi connectivity index (χ4v) is 5.38. The molecule has 1 amide bonds. The van der Waals surface area contributed by atoms with Crippen molar-refractivity contribution in [3.05, 3.63) is 41.5 Å². The molecule has 2 saturated carbocycles. The highest BCUT2D eigenvalue weighted by atomic mass is 16.5. The van der Waals surface area contributed by atoms with Crippen molar-refractivity contribution < 1.29 is 28.9 Å². The van der Waals surface area contributed by atoms with E-state index in [2.05, 4.69) is 5.32 Å². The van der Waals surface area contributed by atoms with Crippen molar-refractivity contribution in [2.24, 2.45) is 11.8 Å². The van der Waals surface area contributed by atoms with Crippen LogP contribution in [-0.2, 0) is 20.9 Å². The summed E-state index contributed by atoms with van der Waals surface area (Å²) in [5.74, 6) is -0.779. The summed E-state index contributed by atoms with van der Waals surface area (Å²) in [4.78, 5) is 24.5. The van der Waals surface area contributed by atoms with Crippen molar-refractivity contribution >= 4 is 17.6 Å². The van der Waals surface area contributed by atoms with Crippen molar-refractivity contribution in [3.8, 4) is 22.6 Å². The highest BCUT2D eigenvalue weighted by Crippen LogP contribution is 2.38. The highest BCUT2D eigenvalue weighted by molar-refractivity contribution is 5.95. The van der Waals surface area contributed by atoms with Crippen LogP contribution in [0.3, 0.4) is 0 Å². The minimum atomic E-state index is -0.897. The highest BCUT2D eigenvalue weighted by Gasteiger charge is 2.37. The summed E-state index contributed by atoms with van der Waals surface area (Å²) in [6.45, 7) is 2.38. The Morgan fingerprint density at radius 3 is 2.23 bits per heavy atom. The number of anilines is 1. The topological polar surface area (TPSA) is 94.1 Å². The maximum Gasteiger partial charge on any atom is 0.307 e. The van der Waals surface area contributed by atoms with E-state index in [-0.39, 0.29) is 12.0 Å². The van der Waals surface area contributed by atoms with Crippen LogP contribution in [-0.4, -0.2) is 37.3 Å². The molecule has 0 aromatic heterocycles. The second kappa shape index (κ2) is 11.1. The Bertz CT molecular complexity index is 1050. The molecule has 2 aromatic rings. The largest absolute Gasteiger partial charge is 0.496 e. The molecule has 2 aliphatic rings. The Morgan fingerprint density at radius 2 is 1.60 bits per heavy atom. The van der Waals surface area contributed by atoms with Gasteiger partial charge in [-0.2, -0.15) is 0 Å². The van der Waals surface area contributed by atoms with Gasteiger partial charge >= 0.3 is 5.97 Å².